The Balaban J connectivity index is 3.75. The smallest absolute Gasteiger partial charge is 0.304 e. The van der Waals surface area contributed by atoms with Gasteiger partial charge in [0.05, 0.1) is 6.42 Å². The molecule has 0 saturated heterocycles. The van der Waals surface area contributed by atoms with Crippen LogP contribution in [0.2, 0.25) is 0 Å². The molecule has 2 unspecified atom stereocenters. The van der Waals surface area contributed by atoms with Crippen LogP contribution in [-0.4, -0.2) is 24.2 Å². The Morgan fingerprint density at radius 2 is 2.15 bits per heavy atom. The summed E-state index contributed by atoms with van der Waals surface area (Å²) in [5.41, 5.74) is 0. The second-order valence-corrected chi connectivity index (χ2v) is 3.71. The summed E-state index contributed by atoms with van der Waals surface area (Å²) < 4.78 is 0. The molecular weight excluding hydrogens is 166 g/mol. The van der Waals surface area contributed by atoms with Crippen LogP contribution >= 0.6 is 0 Å². The summed E-state index contributed by atoms with van der Waals surface area (Å²) in [6, 6.07) is 0.124. The van der Waals surface area contributed by atoms with Gasteiger partial charge in [0.15, 0.2) is 0 Å². The van der Waals surface area contributed by atoms with Gasteiger partial charge in [-0.3, -0.25) is 4.79 Å². The fourth-order valence-corrected chi connectivity index (χ4v) is 1.61. The normalized spacial score (nSPS) is 15.3. The van der Waals surface area contributed by atoms with Crippen LogP contribution in [0, 0.1) is 5.92 Å². The minimum atomic E-state index is -0.719. The number of nitrogens with one attached hydrogen (secondary N) is 1. The van der Waals surface area contributed by atoms with Crippen molar-refractivity contribution < 1.29 is 9.90 Å². The average Bonchev–Trinajstić information content (AvgIpc) is 2.02. The lowest BCUT2D eigenvalue weighted by molar-refractivity contribution is -0.137. The van der Waals surface area contributed by atoms with Crippen molar-refractivity contribution in [1.82, 2.24) is 5.32 Å². The second kappa shape index (κ2) is 6.89. The number of carbonyl (C=O) groups is 1. The van der Waals surface area contributed by atoms with Crippen LogP contribution in [0.25, 0.3) is 0 Å². The second-order valence-electron chi connectivity index (χ2n) is 3.71. The summed E-state index contributed by atoms with van der Waals surface area (Å²) in [7, 11) is 1.83. The van der Waals surface area contributed by atoms with E-state index in [0.29, 0.717) is 5.92 Å². The highest BCUT2D eigenvalue weighted by Gasteiger charge is 2.13. The van der Waals surface area contributed by atoms with Gasteiger partial charge in [0, 0.05) is 6.04 Å². The quantitative estimate of drug-likeness (QED) is 0.639. The molecule has 0 amide bonds. The topological polar surface area (TPSA) is 49.3 Å². The predicted molar refractivity (Wildman–Crippen MR) is 53.8 cm³/mol. The van der Waals surface area contributed by atoms with Crippen LogP contribution < -0.4 is 5.32 Å². The molecule has 0 fully saturated rings. The van der Waals surface area contributed by atoms with Crippen LogP contribution in [0.4, 0.5) is 0 Å². The number of aliphatic carboxylic acids is 1. The van der Waals surface area contributed by atoms with E-state index in [4.69, 9.17) is 5.11 Å². The summed E-state index contributed by atoms with van der Waals surface area (Å²) in [6.07, 6.45) is 3.53. The summed E-state index contributed by atoms with van der Waals surface area (Å²) in [5, 5.41) is 11.7. The van der Waals surface area contributed by atoms with Crippen LogP contribution in [0.3, 0.4) is 0 Å². The predicted octanol–water partition coefficient (Wildman–Crippen LogP) is 1.88. The highest BCUT2D eigenvalue weighted by molar-refractivity contribution is 5.67. The molecule has 0 saturated carbocycles. The van der Waals surface area contributed by atoms with Gasteiger partial charge in [-0.2, -0.15) is 0 Å². The van der Waals surface area contributed by atoms with Gasteiger partial charge in [-0.05, 0) is 19.4 Å². The number of rotatable bonds is 7. The van der Waals surface area contributed by atoms with Crippen molar-refractivity contribution in [1.29, 1.82) is 0 Å². The molecular formula is C10H21NO2. The molecule has 2 atom stereocenters. The first kappa shape index (κ1) is 12.4. The standard InChI is InChI=1S/C10H21NO2/c1-4-5-8(2)6-9(11-3)7-10(12)13/h8-9,11H,4-7H2,1-3H3,(H,12,13). The molecule has 13 heavy (non-hydrogen) atoms. The van der Waals surface area contributed by atoms with Gasteiger partial charge >= 0.3 is 5.97 Å². The van der Waals surface area contributed by atoms with Gasteiger partial charge in [-0.25, -0.2) is 0 Å². The Morgan fingerprint density at radius 1 is 1.54 bits per heavy atom. The van der Waals surface area contributed by atoms with E-state index in [1.165, 1.54) is 12.8 Å². The van der Waals surface area contributed by atoms with E-state index in [1.807, 2.05) is 7.05 Å². The highest BCUT2D eigenvalue weighted by atomic mass is 16.4. The van der Waals surface area contributed by atoms with Crippen molar-refractivity contribution in [2.75, 3.05) is 7.05 Å². The molecule has 0 aromatic carbocycles. The first-order valence-corrected chi connectivity index (χ1v) is 4.99. The van der Waals surface area contributed by atoms with E-state index in [0.717, 1.165) is 6.42 Å². The lowest BCUT2D eigenvalue weighted by Gasteiger charge is -2.18. The largest absolute Gasteiger partial charge is 0.481 e. The first-order valence-electron chi connectivity index (χ1n) is 4.99. The third-order valence-electron chi connectivity index (χ3n) is 2.30. The van der Waals surface area contributed by atoms with E-state index in [2.05, 4.69) is 19.2 Å². The lowest BCUT2D eigenvalue weighted by Crippen LogP contribution is -2.29. The number of carboxylic acid groups (broad SMARTS) is 1. The molecule has 0 bridgehead atoms. The Morgan fingerprint density at radius 3 is 2.54 bits per heavy atom. The highest BCUT2D eigenvalue weighted by Crippen LogP contribution is 2.13. The maximum absolute atomic E-state index is 10.5. The van der Waals surface area contributed by atoms with Crippen molar-refractivity contribution in [2.24, 2.45) is 5.92 Å². The number of hydrogen-bond acceptors (Lipinski definition) is 2. The van der Waals surface area contributed by atoms with Crippen molar-refractivity contribution in [3.05, 3.63) is 0 Å². The monoisotopic (exact) mass is 187 g/mol. The third-order valence-corrected chi connectivity index (χ3v) is 2.30. The lowest BCUT2D eigenvalue weighted by atomic mass is 9.96. The van der Waals surface area contributed by atoms with Crippen LogP contribution in [0.15, 0.2) is 0 Å². The molecule has 78 valence electrons. The van der Waals surface area contributed by atoms with Crippen molar-refractivity contribution >= 4 is 5.97 Å². The molecule has 0 aromatic rings. The van der Waals surface area contributed by atoms with E-state index in [9.17, 15) is 4.79 Å². The summed E-state index contributed by atoms with van der Waals surface area (Å²) in [5.74, 6) is -0.107. The van der Waals surface area contributed by atoms with Crippen LogP contribution in [0.5, 0.6) is 0 Å². The van der Waals surface area contributed by atoms with Gasteiger partial charge in [-0.15, -0.1) is 0 Å². The molecule has 0 radical (unpaired) electrons. The Kier molecular flexibility index (Phi) is 6.59. The van der Waals surface area contributed by atoms with Gasteiger partial charge in [0.1, 0.15) is 0 Å². The van der Waals surface area contributed by atoms with Crippen LogP contribution in [-0.2, 0) is 4.79 Å². The maximum Gasteiger partial charge on any atom is 0.304 e. The van der Waals surface area contributed by atoms with E-state index < -0.39 is 5.97 Å². The van der Waals surface area contributed by atoms with Crippen LogP contribution in [0.1, 0.15) is 39.5 Å². The average molecular weight is 187 g/mol. The van der Waals surface area contributed by atoms with Gasteiger partial charge < -0.3 is 10.4 Å². The van der Waals surface area contributed by atoms with E-state index >= 15 is 0 Å². The first-order chi connectivity index (χ1) is 6.10. The Labute approximate surface area is 80.5 Å². The molecule has 3 nitrogen and oxygen atoms in total. The number of carboxylic acids is 1. The minimum absolute atomic E-state index is 0.124. The fourth-order valence-electron chi connectivity index (χ4n) is 1.61. The van der Waals surface area contributed by atoms with Gasteiger partial charge in [0.2, 0.25) is 0 Å². The summed E-state index contributed by atoms with van der Waals surface area (Å²) in [6.45, 7) is 4.33. The molecule has 0 aliphatic heterocycles. The SMILES string of the molecule is CCCC(C)CC(CC(=O)O)NC. The van der Waals surface area contributed by atoms with Gasteiger partial charge in [-0.1, -0.05) is 26.7 Å². The fraction of sp³-hybridized carbons (Fsp3) is 0.900. The third kappa shape index (κ3) is 6.58. The molecule has 0 heterocycles. The van der Waals surface area contributed by atoms with Gasteiger partial charge in [0.25, 0.3) is 0 Å². The van der Waals surface area contributed by atoms with E-state index in [-0.39, 0.29) is 12.5 Å². The van der Waals surface area contributed by atoms with Crippen molar-refractivity contribution in [3.8, 4) is 0 Å². The molecule has 0 spiro atoms. The molecule has 0 aliphatic rings. The minimum Gasteiger partial charge on any atom is -0.481 e. The van der Waals surface area contributed by atoms with Crippen molar-refractivity contribution in [2.45, 2.75) is 45.6 Å². The maximum atomic E-state index is 10.5. The molecule has 0 rings (SSSR count). The molecule has 2 N–H and O–H groups in total. The molecule has 0 aliphatic carbocycles. The summed E-state index contributed by atoms with van der Waals surface area (Å²) in [4.78, 5) is 10.5. The van der Waals surface area contributed by atoms with Crippen molar-refractivity contribution in [3.63, 3.8) is 0 Å². The zero-order valence-corrected chi connectivity index (χ0v) is 8.84. The zero-order chi connectivity index (χ0) is 10.3. The number of hydrogen-bond donors (Lipinski definition) is 2. The Hall–Kier alpha value is -0.570. The molecule has 0 aromatic heterocycles. The molecule has 3 heteroatoms. The summed E-state index contributed by atoms with van der Waals surface area (Å²) >= 11 is 0. The zero-order valence-electron chi connectivity index (χ0n) is 8.84. The van der Waals surface area contributed by atoms with E-state index in [1.54, 1.807) is 0 Å². The Bertz CT molecular complexity index is 148.